The zero-order valence-corrected chi connectivity index (χ0v) is 29.6. The van der Waals surface area contributed by atoms with Gasteiger partial charge in [-0.1, -0.05) is 68.5 Å². The summed E-state index contributed by atoms with van der Waals surface area (Å²) >= 11 is 0. The zero-order chi connectivity index (χ0) is 38.5. The Kier molecular flexibility index (Phi) is 14.2. The maximum Gasteiger partial charge on any atom is 0.380 e. The summed E-state index contributed by atoms with van der Waals surface area (Å²) in [5.41, 5.74) is 11.6. The van der Waals surface area contributed by atoms with Gasteiger partial charge in [0, 0.05) is 24.8 Å². The summed E-state index contributed by atoms with van der Waals surface area (Å²) in [4.78, 5) is 72.3. The van der Waals surface area contributed by atoms with Gasteiger partial charge in [-0.25, -0.2) is 0 Å². The lowest BCUT2D eigenvalue weighted by atomic mass is 9.78. The predicted octanol–water partition coefficient (Wildman–Crippen LogP) is -1.45. The van der Waals surface area contributed by atoms with Gasteiger partial charge in [0.05, 0.1) is 12.5 Å². The van der Waals surface area contributed by atoms with Crippen LogP contribution in [0.5, 0.6) is 0 Å². The Bertz CT molecular complexity index is 1810. The number of nitrogens with one attached hydrogen (secondary N) is 6. The van der Waals surface area contributed by atoms with Gasteiger partial charge < -0.3 is 53.3 Å². The fraction of sp³-hybridized carbons (Fsp3) is 0.371. The SMILES string of the molecule is CC1(C)C=C(O)C=CC(C[C@@H]2NC(=O)CNC(=O)[C@H](Cc3ccc4ccccc4c3)NC(=O)C(CCCN=C(N)N)NC(=O)[C@@H]([B]N[B]O)NC2=O)=C1. The first-order valence-corrected chi connectivity index (χ1v) is 17.1. The van der Waals surface area contributed by atoms with Crippen LogP contribution in [0.1, 0.15) is 38.7 Å². The molecule has 18 heteroatoms. The second-order valence-electron chi connectivity index (χ2n) is 13.4. The summed E-state index contributed by atoms with van der Waals surface area (Å²) in [5, 5.41) is 37.0. The molecular weight excluding hydrogens is 680 g/mol. The number of carbonyl (C=O) groups is 5. The average molecular weight is 725 g/mol. The molecule has 0 spiro atoms. The molecule has 0 aromatic heterocycles. The van der Waals surface area contributed by atoms with Crippen LogP contribution in [0.2, 0.25) is 0 Å². The van der Waals surface area contributed by atoms with E-state index in [1.165, 1.54) is 6.08 Å². The number of aliphatic imine (C=N–C) groups is 1. The molecule has 2 aromatic rings. The summed E-state index contributed by atoms with van der Waals surface area (Å²) in [6.07, 6.45) is 6.81. The van der Waals surface area contributed by atoms with E-state index in [4.69, 9.17) is 11.5 Å². The number of rotatable bonds is 11. The fourth-order valence-corrected chi connectivity index (χ4v) is 5.99. The Morgan fingerprint density at radius 1 is 0.868 bits per heavy atom. The first-order chi connectivity index (χ1) is 25.2. The standard InChI is InChI=1S/C35H45B2N9O7/c1-35(2)17-21(10-12-24(47)18-35)16-27-32(51)45-29(36-46-37-53)33(52)43-25(8-5-13-40-34(38)39)31(50)44-26(30(49)41-19-28(48)42-27)15-20-9-11-22-6-3-4-7-23(22)14-20/h3-4,6-7,9-12,14,17-18,25-27,29,46-47,53H,5,8,13,15-16,19H2,1-2H3,(H,41,49)(H,42,48)(H,43,52)(H,44,50)(H,45,51)(H4,38,39,40)/t25?,26-,27-,29-/m0/s1. The first-order valence-electron chi connectivity index (χ1n) is 17.1. The topological polar surface area (TPSA) is 262 Å². The molecule has 1 unspecified atom stereocenters. The van der Waals surface area contributed by atoms with Crippen molar-refractivity contribution in [1.82, 2.24) is 31.7 Å². The molecule has 5 amide bonds. The number of fused-ring (bicyclic) bond motifs is 1. The number of aliphatic hydroxyl groups is 1. The lowest BCUT2D eigenvalue weighted by molar-refractivity contribution is -0.133. The summed E-state index contributed by atoms with van der Waals surface area (Å²) in [6, 6.07) is 9.62. The van der Waals surface area contributed by atoms with E-state index in [0.717, 1.165) is 23.8 Å². The monoisotopic (exact) mass is 725 g/mol. The molecule has 4 rings (SSSR count). The van der Waals surface area contributed by atoms with Crippen LogP contribution in [0.15, 0.2) is 83.1 Å². The second-order valence-corrected chi connectivity index (χ2v) is 13.4. The molecule has 0 saturated carbocycles. The Hall–Kier alpha value is -5.61. The van der Waals surface area contributed by atoms with Crippen LogP contribution in [0.4, 0.5) is 0 Å². The van der Waals surface area contributed by atoms with E-state index >= 15 is 0 Å². The highest BCUT2D eigenvalue weighted by atomic mass is 16.3. The summed E-state index contributed by atoms with van der Waals surface area (Å²) in [7, 11) is 1.63. The van der Waals surface area contributed by atoms with Gasteiger partial charge in [-0.15, -0.1) is 0 Å². The molecule has 4 atom stereocenters. The largest absolute Gasteiger partial charge is 0.508 e. The highest BCUT2D eigenvalue weighted by molar-refractivity contribution is 6.52. The molecule has 53 heavy (non-hydrogen) atoms. The summed E-state index contributed by atoms with van der Waals surface area (Å²) in [6.45, 7) is 3.31. The molecule has 1 saturated heterocycles. The van der Waals surface area contributed by atoms with Crippen molar-refractivity contribution < 1.29 is 34.1 Å². The first kappa shape index (κ1) is 40.2. The van der Waals surface area contributed by atoms with Crippen molar-refractivity contribution in [3.8, 4) is 0 Å². The van der Waals surface area contributed by atoms with E-state index in [2.05, 4.69) is 36.7 Å². The van der Waals surface area contributed by atoms with Crippen molar-refractivity contribution in [3.05, 3.63) is 83.7 Å². The minimum Gasteiger partial charge on any atom is -0.508 e. The molecule has 2 radical (unpaired) electrons. The number of guanidine groups is 1. The Balaban J connectivity index is 1.68. The number of hydrogen-bond donors (Lipinski definition) is 10. The fourth-order valence-electron chi connectivity index (χ4n) is 5.99. The number of nitrogens with zero attached hydrogens (tertiary/aromatic N) is 1. The van der Waals surface area contributed by atoms with Crippen molar-refractivity contribution in [2.75, 3.05) is 13.1 Å². The Labute approximate surface area is 308 Å². The second kappa shape index (κ2) is 18.8. The van der Waals surface area contributed by atoms with Gasteiger partial charge in [0.15, 0.2) is 5.96 Å². The Morgan fingerprint density at radius 3 is 2.30 bits per heavy atom. The van der Waals surface area contributed by atoms with Crippen LogP contribution in [0, 0.1) is 5.41 Å². The molecular formula is C35H45B2N9O7. The van der Waals surface area contributed by atoms with Crippen molar-refractivity contribution in [1.29, 1.82) is 0 Å². The predicted molar refractivity (Wildman–Crippen MR) is 201 cm³/mol. The number of allylic oxidation sites excluding steroid dienone is 4. The number of benzene rings is 2. The average Bonchev–Trinajstić information content (AvgIpc) is 3.24. The van der Waals surface area contributed by atoms with Crippen LogP contribution in [0.25, 0.3) is 10.8 Å². The Morgan fingerprint density at radius 2 is 1.57 bits per heavy atom. The lowest BCUT2D eigenvalue weighted by Crippen LogP contribution is -2.61. The van der Waals surface area contributed by atoms with E-state index in [9.17, 15) is 34.1 Å². The summed E-state index contributed by atoms with van der Waals surface area (Å²) < 4.78 is 0. The summed E-state index contributed by atoms with van der Waals surface area (Å²) in [5.74, 6) is -5.31. The third-order valence-electron chi connectivity index (χ3n) is 8.44. The maximum atomic E-state index is 13.8. The van der Waals surface area contributed by atoms with Crippen LogP contribution in [-0.4, -0.2) is 97.8 Å². The molecule has 0 bridgehead atoms. The van der Waals surface area contributed by atoms with Crippen molar-refractivity contribution in [2.24, 2.45) is 21.9 Å². The molecule has 2 aromatic carbocycles. The van der Waals surface area contributed by atoms with E-state index < -0.39 is 65.6 Å². The van der Waals surface area contributed by atoms with Crippen molar-refractivity contribution in [2.45, 2.75) is 63.6 Å². The van der Waals surface area contributed by atoms with Gasteiger partial charge in [0.1, 0.15) is 23.9 Å². The van der Waals surface area contributed by atoms with E-state index in [0.29, 0.717) is 13.2 Å². The number of nitrogens with two attached hydrogens (primary N) is 2. The minimum atomic E-state index is -1.46. The third-order valence-corrected chi connectivity index (χ3v) is 8.44. The number of aliphatic hydroxyl groups excluding tert-OH is 1. The number of carbonyl (C=O) groups excluding carboxylic acids is 5. The molecule has 278 valence electrons. The highest BCUT2D eigenvalue weighted by Crippen LogP contribution is 2.28. The van der Waals surface area contributed by atoms with Gasteiger partial charge >= 0.3 is 7.62 Å². The maximum absolute atomic E-state index is 13.8. The number of amides is 5. The van der Waals surface area contributed by atoms with Crippen LogP contribution >= 0.6 is 0 Å². The molecule has 16 nitrogen and oxygen atoms in total. The smallest absolute Gasteiger partial charge is 0.380 e. The van der Waals surface area contributed by atoms with Gasteiger partial charge in [0.2, 0.25) is 37.0 Å². The van der Waals surface area contributed by atoms with E-state index in [1.807, 2.05) is 62.4 Å². The molecule has 12 N–H and O–H groups in total. The van der Waals surface area contributed by atoms with Gasteiger partial charge in [-0.3, -0.25) is 29.0 Å². The van der Waals surface area contributed by atoms with Gasteiger partial charge in [-0.2, -0.15) is 0 Å². The molecule has 1 heterocycles. The van der Waals surface area contributed by atoms with E-state index in [-0.39, 0.29) is 43.9 Å². The van der Waals surface area contributed by atoms with Gasteiger partial charge in [-0.05, 0) is 46.9 Å². The van der Waals surface area contributed by atoms with Crippen LogP contribution < -0.4 is 43.2 Å². The minimum absolute atomic E-state index is 0.0198. The van der Waals surface area contributed by atoms with Crippen LogP contribution in [-0.2, 0) is 30.4 Å². The van der Waals surface area contributed by atoms with Gasteiger partial charge in [0.25, 0.3) is 0 Å². The van der Waals surface area contributed by atoms with Crippen molar-refractivity contribution in [3.63, 3.8) is 0 Å². The molecule has 1 fully saturated rings. The quantitative estimate of drug-likeness (QED) is 0.0558. The van der Waals surface area contributed by atoms with E-state index in [1.54, 1.807) is 12.2 Å². The lowest BCUT2D eigenvalue weighted by Gasteiger charge is -2.26. The third kappa shape index (κ3) is 12.5. The molecule has 1 aliphatic heterocycles. The van der Waals surface area contributed by atoms with Crippen LogP contribution in [0.3, 0.4) is 0 Å². The number of hydrogen-bond acceptors (Lipinski definition) is 9. The van der Waals surface area contributed by atoms with Crippen molar-refractivity contribution >= 4 is 61.3 Å². The molecule has 2 aliphatic rings. The highest BCUT2D eigenvalue weighted by Gasteiger charge is 2.33. The zero-order valence-electron chi connectivity index (χ0n) is 29.6. The molecule has 1 aliphatic carbocycles. The normalized spacial score (nSPS) is 22.6.